The molecule has 12 nitrogen and oxygen atoms in total. The SMILES string of the molecule is Cc1cc(COc2ccc(S(=O)(=O)N(O)C[C@@H](C(N)=O)N3CCN(S(C)(=O)=O)CC3)cc2)c2ccccc2n1. The van der Waals surface area contributed by atoms with E-state index in [2.05, 4.69) is 4.98 Å². The van der Waals surface area contributed by atoms with Gasteiger partial charge in [0.25, 0.3) is 10.0 Å². The summed E-state index contributed by atoms with van der Waals surface area (Å²) in [6.45, 7) is 2.10. The number of ether oxygens (including phenoxy) is 1. The first kappa shape index (κ1) is 28.9. The van der Waals surface area contributed by atoms with E-state index in [1.807, 2.05) is 37.3 Å². The van der Waals surface area contributed by atoms with Gasteiger partial charge < -0.3 is 10.5 Å². The maximum atomic E-state index is 13.0. The van der Waals surface area contributed by atoms with E-state index in [1.165, 1.54) is 28.6 Å². The minimum Gasteiger partial charge on any atom is -0.489 e. The number of para-hydroxylation sites is 1. The van der Waals surface area contributed by atoms with Crippen molar-refractivity contribution in [1.29, 1.82) is 0 Å². The van der Waals surface area contributed by atoms with Gasteiger partial charge in [0.15, 0.2) is 0 Å². The first-order chi connectivity index (χ1) is 18.4. The number of amides is 1. The molecule has 1 amide bonds. The largest absolute Gasteiger partial charge is 0.489 e. The molecular weight excluding hydrogens is 546 g/mol. The Bertz CT molecular complexity index is 1560. The lowest BCUT2D eigenvalue weighted by molar-refractivity contribution is -0.126. The van der Waals surface area contributed by atoms with Crippen LogP contribution in [-0.2, 0) is 31.4 Å². The fourth-order valence-corrected chi connectivity index (χ4v) is 6.37. The summed E-state index contributed by atoms with van der Waals surface area (Å²) in [6.07, 6.45) is 1.09. The molecule has 0 saturated carbocycles. The number of sulfonamides is 2. The first-order valence-corrected chi connectivity index (χ1v) is 15.4. The number of hydrogen-bond acceptors (Lipinski definition) is 9. The number of hydrogen-bond donors (Lipinski definition) is 2. The van der Waals surface area contributed by atoms with Gasteiger partial charge in [0.05, 0.1) is 23.2 Å². The van der Waals surface area contributed by atoms with E-state index in [0.717, 1.165) is 28.4 Å². The molecule has 0 unspecified atom stereocenters. The average molecular weight is 578 g/mol. The zero-order valence-corrected chi connectivity index (χ0v) is 23.2. The number of hydroxylamine groups is 1. The summed E-state index contributed by atoms with van der Waals surface area (Å²) in [4.78, 5) is 18.0. The summed E-state index contributed by atoms with van der Waals surface area (Å²) >= 11 is 0. The van der Waals surface area contributed by atoms with Gasteiger partial charge in [-0.2, -0.15) is 4.31 Å². The second-order valence-corrected chi connectivity index (χ2v) is 13.2. The van der Waals surface area contributed by atoms with Gasteiger partial charge in [-0.15, -0.1) is 0 Å². The summed E-state index contributed by atoms with van der Waals surface area (Å²) in [7, 11) is -7.77. The number of primary amides is 1. The minimum absolute atomic E-state index is 0.0904. The average Bonchev–Trinajstić information content (AvgIpc) is 2.89. The van der Waals surface area contributed by atoms with Crippen LogP contribution in [0, 0.1) is 6.92 Å². The van der Waals surface area contributed by atoms with Crippen LogP contribution in [0.2, 0.25) is 0 Å². The molecule has 1 atom stereocenters. The second-order valence-electron chi connectivity index (χ2n) is 9.33. The fourth-order valence-electron chi connectivity index (χ4n) is 4.48. The Morgan fingerprint density at radius 3 is 2.33 bits per heavy atom. The standard InChI is InChI=1S/C25H31N5O7S2/c1-18-15-19(22-5-3-4-6-23(22)27-18)17-37-20-7-9-21(10-8-20)39(35,36)30(32)16-24(25(26)31)28-11-13-29(14-12-28)38(2,33)34/h3-10,15,24,32H,11-14,16-17H2,1-2H3,(H2,26,31)/t24-/m0/s1. The number of fused-ring (bicyclic) bond motifs is 1. The number of nitrogens with zero attached hydrogens (tertiary/aromatic N) is 4. The van der Waals surface area contributed by atoms with Gasteiger partial charge in [-0.3, -0.25) is 19.9 Å². The van der Waals surface area contributed by atoms with Gasteiger partial charge in [0, 0.05) is 42.8 Å². The predicted molar refractivity (Wildman–Crippen MR) is 144 cm³/mol. The molecule has 4 rings (SSSR count). The molecular formula is C25H31N5O7S2. The van der Waals surface area contributed by atoms with Crippen LogP contribution < -0.4 is 10.5 Å². The van der Waals surface area contributed by atoms with Crippen molar-refractivity contribution in [2.45, 2.75) is 24.5 Å². The number of pyridine rings is 1. The normalized spacial score (nSPS) is 16.4. The van der Waals surface area contributed by atoms with E-state index in [-0.39, 0.29) is 42.1 Å². The van der Waals surface area contributed by atoms with Crippen LogP contribution in [0.25, 0.3) is 10.9 Å². The van der Waals surface area contributed by atoms with Crippen LogP contribution >= 0.6 is 0 Å². The number of aromatic nitrogens is 1. The molecule has 1 aliphatic heterocycles. The van der Waals surface area contributed by atoms with Crippen LogP contribution in [0.4, 0.5) is 0 Å². The molecule has 0 bridgehead atoms. The molecule has 0 aliphatic carbocycles. The second kappa shape index (κ2) is 11.5. The van der Waals surface area contributed by atoms with Gasteiger partial charge in [0.1, 0.15) is 18.4 Å². The first-order valence-electron chi connectivity index (χ1n) is 12.1. The van der Waals surface area contributed by atoms with Crippen molar-refractivity contribution in [3.63, 3.8) is 0 Å². The zero-order valence-electron chi connectivity index (χ0n) is 21.6. The summed E-state index contributed by atoms with van der Waals surface area (Å²) in [5, 5.41) is 11.4. The summed E-state index contributed by atoms with van der Waals surface area (Å²) in [6, 6.07) is 14.0. The lowest BCUT2D eigenvalue weighted by atomic mass is 10.1. The van der Waals surface area contributed by atoms with Gasteiger partial charge >= 0.3 is 0 Å². The lowest BCUT2D eigenvalue weighted by Gasteiger charge is -2.37. The third-order valence-corrected chi connectivity index (χ3v) is 9.44. The van der Waals surface area contributed by atoms with Crippen LogP contribution in [0.5, 0.6) is 5.75 Å². The van der Waals surface area contributed by atoms with Crippen molar-refractivity contribution in [1.82, 2.24) is 18.7 Å². The van der Waals surface area contributed by atoms with Crippen LogP contribution in [0.15, 0.2) is 59.5 Å². The highest BCUT2D eigenvalue weighted by Gasteiger charge is 2.34. The Morgan fingerprint density at radius 1 is 1.08 bits per heavy atom. The molecule has 1 aliphatic rings. The molecule has 1 aromatic heterocycles. The number of carbonyl (C=O) groups excluding carboxylic acids is 1. The van der Waals surface area contributed by atoms with Crippen molar-refractivity contribution < 1.29 is 31.6 Å². The van der Waals surface area contributed by atoms with Crippen molar-refractivity contribution in [3.8, 4) is 5.75 Å². The minimum atomic E-state index is -4.37. The molecule has 39 heavy (non-hydrogen) atoms. The maximum absolute atomic E-state index is 13.0. The number of piperazine rings is 1. The van der Waals surface area contributed by atoms with Crippen LogP contribution in [0.1, 0.15) is 11.3 Å². The van der Waals surface area contributed by atoms with Gasteiger partial charge in [-0.05, 0) is 43.3 Å². The van der Waals surface area contributed by atoms with Gasteiger partial charge in [-0.1, -0.05) is 22.7 Å². The molecule has 0 spiro atoms. The Kier molecular flexibility index (Phi) is 8.54. The Morgan fingerprint density at radius 2 is 1.72 bits per heavy atom. The van der Waals surface area contributed by atoms with E-state index < -0.39 is 38.5 Å². The zero-order chi connectivity index (χ0) is 28.4. The molecule has 3 N–H and O–H groups in total. The smallest absolute Gasteiger partial charge is 0.264 e. The van der Waals surface area contributed by atoms with E-state index in [9.17, 15) is 26.8 Å². The van der Waals surface area contributed by atoms with E-state index >= 15 is 0 Å². The van der Waals surface area contributed by atoms with E-state index in [4.69, 9.17) is 10.5 Å². The topological polar surface area (TPSA) is 163 Å². The fraction of sp³-hybridized carbons (Fsp3) is 0.360. The summed E-state index contributed by atoms with van der Waals surface area (Å²) in [5.74, 6) is -0.407. The van der Waals surface area contributed by atoms with E-state index in [0.29, 0.717) is 5.75 Å². The predicted octanol–water partition coefficient (Wildman–Crippen LogP) is 0.933. The highest BCUT2D eigenvalue weighted by Crippen LogP contribution is 2.23. The van der Waals surface area contributed by atoms with Crippen molar-refractivity contribution in [2.24, 2.45) is 5.73 Å². The number of rotatable bonds is 10. The molecule has 0 radical (unpaired) electrons. The number of aryl methyl sites for hydroxylation is 1. The van der Waals surface area contributed by atoms with Crippen molar-refractivity contribution in [3.05, 3.63) is 65.9 Å². The lowest BCUT2D eigenvalue weighted by Crippen LogP contribution is -2.58. The van der Waals surface area contributed by atoms with Gasteiger partial charge in [0.2, 0.25) is 15.9 Å². The third kappa shape index (κ3) is 6.72. The van der Waals surface area contributed by atoms with Crippen LogP contribution in [-0.4, -0.2) is 91.6 Å². The van der Waals surface area contributed by atoms with Gasteiger partial charge in [-0.25, -0.2) is 16.8 Å². The molecule has 2 aromatic carbocycles. The Balaban J connectivity index is 1.42. The highest BCUT2D eigenvalue weighted by molar-refractivity contribution is 7.89. The number of benzene rings is 2. The Hall–Kier alpha value is -3.14. The molecule has 210 valence electrons. The molecule has 14 heteroatoms. The number of nitrogens with two attached hydrogens (primary N) is 1. The quantitative estimate of drug-likeness (QED) is 0.334. The summed E-state index contributed by atoms with van der Waals surface area (Å²) < 4.78 is 56.7. The monoisotopic (exact) mass is 577 g/mol. The molecule has 1 fully saturated rings. The van der Waals surface area contributed by atoms with Crippen molar-refractivity contribution in [2.75, 3.05) is 39.0 Å². The molecule has 1 saturated heterocycles. The highest BCUT2D eigenvalue weighted by atomic mass is 32.2. The van der Waals surface area contributed by atoms with Crippen molar-refractivity contribution >= 4 is 36.9 Å². The number of carbonyl (C=O) groups is 1. The van der Waals surface area contributed by atoms with Crippen LogP contribution in [0.3, 0.4) is 0 Å². The molecule has 3 aromatic rings. The maximum Gasteiger partial charge on any atom is 0.264 e. The Labute approximate surface area is 227 Å². The third-order valence-electron chi connectivity index (χ3n) is 6.56. The molecule has 2 heterocycles. The summed E-state index contributed by atoms with van der Waals surface area (Å²) in [5.41, 5.74) is 8.14. The van der Waals surface area contributed by atoms with E-state index in [1.54, 1.807) is 4.90 Å².